The van der Waals surface area contributed by atoms with E-state index in [-0.39, 0.29) is 0 Å². The molecule has 3 heteroatoms. The van der Waals surface area contributed by atoms with Crippen LogP contribution in [0, 0.1) is 6.92 Å². The summed E-state index contributed by atoms with van der Waals surface area (Å²) in [4.78, 5) is 4.21. The number of aliphatic hydroxyl groups excluding tert-OH is 1. The summed E-state index contributed by atoms with van der Waals surface area (Å²) in [6.45, 7) is 1.94. The molecule has 2 nitrogen and oxygen atoms in total. The van der Waals surface area contributed by atoms with Crippen LogP contribution in [0.5, 0.6) is 0 Å². The van der Waals surface area contributed by atoms with Crippen LogP contribution in [-0.2, 0) is 6.42 Å². The molecule has 0 aliphatic carbocycles. The van der Waals surface area contributed by atoms with Gasteiger partial charge in [-0.2, -0.15) is 0 Å². The molecule has 0 radical (unpaired) electrons. The number of aliphatic hydroxyl groups is 1. The van der Waals surface area contributed by atoms with E-state index >= 15 is 0 Å². The maximum atomic E-state index is 10.2. The maximum Gasteiger partial charge on any atom is 0.100 e. The number of rotatable bonds is 3. The first-order chi connectivity index (χ1) is 8.18. The van der Waals surface area contributed by atoms with Crippen LogP contribution in [0.4, 0.5) is 0 Å². The standard InChI is InChI=1S/C14H14ClNO/c1-10-5-4-8-16-14(10)13(17)9-11-6-2-3-7-12(11)15/h2-8,13,17H,9H2,1H3. The SMILES string of the molecule is Cc1cccnc1C(O)Cc1ccccc1Cl. The first kappa shape index (κ1) is 12.1. The molecule has 17 heavy (non-hydrogen) atoms. The molecule has 0 fully saturated rings. The first-order valence-electron chi connectivity index (χ1n) is 5.51. The molecule has 0 aliphatic rings. The van der Waals surface area contributed by atoms with Crippen LogP contribution in [-0.4, -0.2) is 10.1 Å². The van der Waals surface area contributed by atoms with Gasteiger partial charge < -0.3 is 5.11 Å². The lowest BCUT2D eigenvalue weighted by atomic mass is 10.0. The highest BCUT2D eigenvalue weighted by Gasteiger charge is 2.13. The molecule has 1 aromatic heterocycles. The van der Waals surface area contributed by atoms with E-state index in [2.05, 4.69) is 4.98 Å². The summed E-state index contributed by atoms with van der Waals surface area (Å²) in [7, 11) is 0. The lowest BCUT2D eigenvalue weighted by Crippen LogP contribution is -2.06. The van der Waals surface area contributed by atoms with Gasteiger partial charge >= 0.3 is 0 Å². The Labute approximate surface area is 106 Å². The second-order valence-corrected chi connectivity index (χ2v) is 4.42. The summed E-state index contributed by atoms with van der Waals surface area (Å²) in [5, 5.41) is 10.8. The molecule has 1 heterocycles. The Morgan fingerprint density at radius 1 is 1.24 bits per heavy atom. The Morgan fingerprint density at radius 3 is 2.71 bits per heavy atom. The van der Waals surface area contributed by atoms with E-state index in [0.717, 1.165) is 11.1 Å². The van der Waals surface area contributed by atoms with E-state index in [4.69, 9.17) is 11.6 Å². The van der Waals surface area contributed by atoms with Gasteiger partial charge in [0, 0.05) is 17.6 Å². The fraction of sp³-hybridized carbons (Fsp3) is 0.214. The second-order valence-electron chi connectivity index (χ2n) is 4.02. The van der Waals surface area contributed by atoms with Crippen LogP contribution in [0.2, 0.25) is 5.02 Å². The predicted octanol–water partition coefficient (Wildman–Crippen LogP) is 3.32. The molecule has 1 atom stereocenters. The van der Waals surface area contributed by atoms with Crippen LogP contribution in [0.15, 0.2) is 42.6 Å². The number of aromatic nitrogens is 1. The monoisotopic (exact) mass is 247 g/mol. The minimum absolute atomic E-state index is 0.484. The molecular formula is C14H14ClNO. The third-order valence-corrected chi connectivity index (χ3v) is 3.11. The maximum absolute atomic E-state index is 10.2. The van der Waals surface area contributed by atoms with Crippen molar-refractivity contribution < 1.29 is 5.11 Å². The van der Waals surface area contributed by atoms with Gasteiger partial charge in [0.1, 0.15) is 6.10 Å². The zero-order valence-electron chi connectivity index (χ0n) is 9.60. The van der Waals surface area contributed by atoms with Gasteiger partial charge in [-0.3, -0.25) is 4.98 Å². The first-order valence-corrected chi connectivity index (χ1v) is 5.89. The van der Waals surface area contributed by atoms with Crippen molar-refractivity contribution in [2.75, 3.05) is 0 Å². The van der Waals surface area contributed by atoms with E-state index in [1.807, 2.05) is 43.3 Å². The van der Waals surface area contributed by atoms with Gasteiger partial charge in [-0.25, -0.2) is 0 Å². The van der Waals surface area contributed by atoms with Gasteiger partial charge in [0.25, 0.3) is 0 Å². The summed E-state index contributed by atoms with van der Waals surface area (Å²) in [5.74, 6) is 0. The van der Waals surface area contributed by atoms with Crippen molar-refractivity contribution >= 4 is 11.6 Å². The Morgan fingerprint density at radius 2 is 2.00 bits per heavy atom. The van der Waals surface area contributed by atoms with E-state index in [0.29, 0.717) is 17.1 Å². The molecule has 0 saturated heterocycles. The number of halogens is 1. The van der Waals surface area contributed by atoms with Crippen LogP contribution < -0.4 is 0 Å². The van der Waals surface area contributed by atoms with Crippen LogP contribution in [0.1, 0.15) is 22.9 Å². The fourth-order valence-electron chi connectivity index (χ4n) is 1.82. The number of nitrogens with zero attached hydrogens (tertiary/aromatic N) is 1. The molecule has 0 saturated carbocycles. The van der Waals surface area contributed by atoms with E-state index in [1.54, 1.807) is 6.20 Å². The van der Waals surface area contributed by atoms with E-state index in [9.17, 15) is 5.11 Å². The number of aryl methyl sites for hydroxylation is 1. The van der Waals surface area contributed by atoms with Crippen molar-refractivity contribution in [1.29, 1.82) is 0 Å². The Balaban J connectivity index is 2.20. The van der Waals surface area contributed by atoms with Crippen LogP contribution in [0.3, 0.4) is 0 Å². The predicted molar refractivity (Wildman–Crippen MR) is 69.1 cm³/mol. The van der Waals surface area contributed by atoms with Crippen molar-refractivity contribution in [3.8, 4) is 0 Å². The van der Waals surface area contributed by atoms with Crippen molar-refractivity contribution in [2.45, 2.75) is 19.4 Å². The molecule has 2 rings (SSSR count). The molecular weight excluding hydrogens is 234 g/mol. The topological polar surface area (TPSA) is 33.1 Å². The van der Waals surface area contributed by atoms with Gasteiger partial charge in [-0.05, 0) is 30.2 Å². The van der Waals surface area contributed by atoms with E-state index in [1.165, 1.54) is 0 Å². The summed E-state index contributed by atoms with van der Waals surface area (Å²) >= 11 is 6.06. The molecule has 1 aromatic carbocycles. The summed E-state index contributed by atoms with van der Waals surface area (Å²) in [5.41, 5.74) is 2.64. The molecule has 2 aromatic rings. The average Bonchev–Trinajstić information content (AvgIpc) is 2.32. The molecule has 0 spiro atoms. The number of pyridine rings is 1. The number of hydrogen-bond acceptors (Lipinski definition) is 2. The van der Waals surface area contributed by atoms with Crippen molar-refractivity contribution in [3.05, 3.63) is 64.4 Å². The lowest BCUT2D eigenvalue weighted by molar-refractivity contribution is 0.173. The number of hydrogen-bond donors (Lipinski definition) is 1. The second kappa shape index (κ2) is 5.30. The van der Waals surface area contributed by atoms with Crippen molar-refractivity contribution in [3.63, 3.8) is 0 Å². The molecule has 1 N–H and O–H groups in total. The highest BCUT2D eigenvalue weighted by Crippen LogP contribution is 2.23. The molecule has 0 aliphatic heterocycles. The molecule has 0 bridgehead atoms. The lowest BCUT2D eigenvalue weighted by Gasteiger charge is -2.13. The van der Waals surface area contributed by atoms with Gasteiger partial charge in [0.2, 0.25) is 0 Å². The zero-order valence-corrected chi connectivity index (χ0v) is 10.4. The fourth-order valence-corrected chi connectivity index (χ4v) is 2.03. The van der Waals surface area contributed by atoms with Gasteiger partial charge in [-0.1, -0.05) is 35.9 Å². The summed E-state index contributed by atoms with van der Waals surface area (Å²) < 4.78 is 0. The smallest absolute Gasteiger partial charge is 0.100 e. The summed E-state index contributed by atoms with van der Waals surface area (Å²) in [6, 6.07) is 11.3. The Kier molecular flexibility index (Phi) is 3.77. The van der Waals surface area contributed by atoms with Crippen molar-refractivity contribution in [1.82, 2.24) is 4.98 Å². The zero-order chi connectivity index (χ0) is 12.3. The number of benzene rings is 1. The molecule has 88 valence electrons. The minimum Gasteiger partial charge on any atom is -0.386 e. The average molecular weight is 248 g/mol. The van der Waals surface area contributed by atoms with Crippen molar-refractivity contribution in [2.24, 2.45) is 0 Å². The van der Waals surface area contributed by atoms with Crippen LogP contribution >= 0.6 is 11.6 Å². The largest absolute Gasteiger partial charge is 0.386 e. The van der Waals surface area contributed by atoms with Gasteiger partial charge in [0.05, 0.1) is 5.69 Å². The summed E-state index contributed by atoms with van der Waals surface area (Å²) in [6.07, 6.45) is 1.56. The third kappa shape index (κ3) is 2.84. The van der Waals surface area contributed by atoms with Crippen LogP contribution in [0.25, 0.3) is 0 Å². The normalized spacial score (nSPS) is 12.4. The van der Waals surface area contributed by atoms with Gasteiger partial charge in [-0.15, -0.1) is 0 Å². The third-order valence-electron chi connectivity index (χ3n) is 2.74. The highest BCUT2D eigenvalue weighted by molar-refractivity contribution is 6.31. The molecule has 1 unspecified atom stereocenters. The molecule has 0 amide bonds. The Hall–Kier alpha value is -1.38. The Bertz CT molecular complexity index is 513. The van der Waals surface area contributed by atoms with Gasteiger partial charge in [0.15, 0.2) is 0 Å². The highest BCUT2D eigenvalue weighted by atomic mass is 35.5. The minimum atomic E-state index is -0.615. The quantitative estimate of drug-likeness (QED) is 0.903. The van der Waals surface area contributed by atoms with E-state index < -0.39 is 6.10 Å².